The van der Waals surface area contributed by atoms with Crippen molar-refractivity contribution in [2.75, 3.05) is 26.3 Å². The van der Waals surface area contributed by atoms with Gasteiger partial charge in [0.05, 0.1) is 19.3 Å². The summed E-state index contributed by atoms with van der Waals surface area (Å²) in [5.41, 5.74) is 0. The molecule has 1 saturated heterocycles. The zero-order valence-electron chi connectivity index (χ0n) is 12.2. The molecule has 0 aromatic rings. The van der Waals surface area contributed by atoms with Crippen molar-refractivity contribution in [2.24, 2.45) is 0 Å². The molecular weight excluding hydrogens is 240 g/mol. The van der Waals surface area contributed by atoms with E-state index in [1.807, 2.05) is 11.8 Å². The summed E-state index contributed by atoms with van der Waals surface area (Å²) in [6, 6.07) is 0.475. The standard InChI is InChI=1S/C15H28N2O2/c1-13(15(18)17-9-11-19-12-10-17)16-14-7-5-3-2-4-6-8-14/h13-14,16H,2-12H2,1H3. The van der Waals surface area contributed by atoms with Crippen LogP contribution in [0.5, 0.6) is 0 Å². The Morgan fingerprint density at radius 3 is 2.32 bits per heavy atom. The van der Waals surface area contributed by atoms with Crippen molar-refractivity contribution in [3.8, 4) is 0 Å². The minimum absolute atomic E-state index is 0.0532. The molecule has 19 heavy (non-hydrogen) atoms. The second-order valence-corrected chi connectivity index (χ2v) is 5.87. The van der Waals surface area contributed by atoms with E-state index in [-0.39, 0.29) is 11.9 Å². The maximum Gasteiger partial charge on any atom is 0.239 e. The summed E-state index contributed by atoms with van der Waals surface area (Å²) in [6.45, 7) is 4.87. The minimum Gasteiger partial charge on any atom is -0.378 e. The second kappa shape index (κ2) is 7.85. The van der Waals surface area contributed by atoms with Crippen LogP contribution in [0.1, 0.15) is 51.9 Å². The van der Waals surface area contributed by atoms with Crippen LogP contribution in [-0.4, -0.2) is 49.2 Å². The molecule has 0 aromatic heterocycles. The van der Waals surface area contributed by atoms with Crippen LogP contribution in [0.25, 0.3) is 0 Å². The maximum atomic E-state index is 12.3. The van der Waals surface area contributed by atoms with Gasteiger partial charge in [-0.15, -0.1) is 0 Å². The number of hydrogen-bond donors (Lipinski definition) is 1. The molecule has 2 fully saturated rings. The van der Waals surface area contributed by atoms with Crippen LogP contribution in [0, 0.1) is 0 Å². The van der Waals surface area contributed by atoms with Gasteiger partial charge < -0.3 is 15.0 Å². The number of ether oxygens (including phenoxy) is 1. The molecule has 1 heterocycles. The van der Waals surface area contributed by atoms with Gasteiger partial charge in [-0.3, -0.25) is 4.79 Å². The molecule has 1 amide bonds. The molecule has 1 aliphatic heterocycles. The van der Waals surface area contributed by atoms with E-state index in [1.165, 1.54) is 44.9 Å². The van der Waals surface area contributed by atoms with E-state index >= 15 is 0 Å². The van der Waals surface area contributed by atoms with Gasteiger partial charge in [0.25, 0.3) is 0 Å². The van der Waals surface area contributed by atoms with Crippen molar-refractivity contribution in [3.05, 3.63) is 0 Å². The first-order valence-corrected chi connectivity index (χ1v) is 7.90. The summed E-state index contributed by atoms with van der Waals surface area (Å²) in [4.78, 5) is 14.3. The van der Waals surface area contributed by atoms with Gasteiger partial charge in [0.1, 0.15) is 0 Å². The summed E-state index contributed by atoms with van der Waals surface area (Å²) < 4.78 is 5.30. The van der Waals surface area contributed by atoms with Crippen LogP contribution in [-0.2, 0) is 9.53 Å². The Morgan fingerprint density at radius 2 is 1.68 bits per heavy atom. The molecule has 4 nitrogen and oxygen atoms in total. The van der Waals surface area contributed by atoms with Crippen molar-refractivity contribution in [1.82, 2.24) is 10.2 Å². The third-order valence-corrected chi connectivity index (χ3v) is 4.28. The molecular formula is C15H28N2O2. The summed E-state index contributed by atoms with van der Waals surface area (Å²) in [6.07, 6.45) is 9.14. The molecule has 0 aromatic carbocycles. The van der Waals surface area contributed by atoms with E-state index in [4.69, 9.17) is 4.74 Å². The predicted octanol–water partition coefficient (Wildman–Crippen LogP) is 1.94. The summed E-state index contributed by atoms with van der Waals surface area (Å²) in [7, 11) is 0. The van der Waals surface area contributed by atoms with E-state index in [0.29, 0.717) is 19.3 Å². The quantitative estimate of drug-likeness (QED) is 0.850. The largest absolute Gasteiger partial charge is 0.378 e. The highest BCUT2D eigenvalue weighted by Crippen LogP contribution is 2.17. The minimum atomic E-state index is -0.0532. The lowest BCUT2D eigenvalue weighted by atomic mass is 9.96. The zero-order chi connectivity index (χ0) is 13.5. The maximum absolute atomic E-state index is 12.3. The fourth-order valence-corrected chi connectivity index (χ4v) is 3.11. The summed E-state index contributed by atoms with van der Waals surface area (Å²) >= 11 is 0. The third-order valence-electron chi connectivity index (χ3n) is 4.28. The highest BCUT2D eigenvalue weighted by molar-refractivity contribution is 5.81. The number of amides is 1. The highest BCUT2D eigenvalue weighted by atomic mass is 16.5. The Bertz CT molecular complexity index is 269. The monoisotopic (exact) mass is 268 g/mol. The molecule has 110 valence electrons. The Labute approximate surface area is 116 Å². The van der Waals surface area contributed by atoms with Crippen LogP contribution in [0.2, 0.25) is 0 Å². The lowest BCUT2D eigenvalue weighted by Crippen LogP contribution is -2.51. The van der Waals surface area contributed by atoms with Gasteiger partial charge in [-0.05, 0) is 19.8 Å². The number of carbonyl (C=O) groups is 1. The van der Waals surface area contributed by atoms with E-state index in [2.05, 4.69) is 5.32 Å². The van der Waals surface area contributed by atoms with E-state index in [0.717, 1.165) is 13.1 Å². The fraction of sp³-hybridized carbons (Fsp3) is 0.933. The first kappa shape index (κ1) is 14.8. The number of hydrogen-bond acceptors (Lipinski definition) is 3. The van der Waals surface area contributed by atoms with Crippen molar-refractivity contribution < 1.29 is 9.53 Å². The number of nitrogens with one attached hydrogen (secondary N) is 1. The predicted molar refractivity (Wildman–Crippen MR) is 76.1 cm³/mol. The summed E-state index contributed by atoms with van der Waals surface area (Å²) in [5, 5.41) is 3.55. The first-order valence-electron chi connectivity index (χ1n) is 7.90. The molecule has 1 N–H and O–H groups in total. The summed E-state index contributed by atoms with van der Waals surface area (Å²) in [5.74, 6) is 0.241. The van der Waals surface area contributed by atoms with Crippen molar-refractivity contribution in [3.63, 3.8) is 0 Å². The average molecular weight is 268 g/mol. The molecule has 1 atom stereocenters. The van der Waals surface area contributed by atoms with Gasteiger partial charge in [0.15, 0.2) is 0 Å². The molecule has 4 heteroatoms. The fourth-order valence-electron chi connectivity index (χ4n) is 3.11. The molecule has 0 radical (unpaired) electrons. The van der Waals surface area contributed by atoms with Gasteiger partial charge >= 0.3 is 0 Å². The van der Waals surface area contributed by atoms with E-state index in [9.17, 15) is 4.79 Å². The van der Waals surface area contributed by atoms with Crippen LogP contribution in [0.3, 0.4) is 0 Å². The van der Waals surface area contributed by atoms with Gasteiger partial charge in [-0.2, -0.15) is 0 Å². The Hall–Kier alpha value is -0.610. The van der Waals surface area contributed by atoms with Gasteiger partial charge in [-0.25, -0.2) is 0 Å². The normalized spacial score (nSPS) is 24.6. The van der Waals surface area contributed by atoms with Crippen LogP contribution in [0.4, 0.5) is 0 Å². The Morgan fingerprint density at radius 1 is 1.11 bits per heavy atom. The number of morpholine rings is 1. The van der Waals surface area contributed by atoms with E-state index in [1.54, 1.807) is 0 Å². The Balaban J connectivity index is 1.77. The Kier molecular flexibility index (Phi) is 6.11. The lowest BCUT2D eigenvalue weighted by molar-refractivity contribution is -0.137. The van der Waals surface area contributed by atoms with Crippen molar-refractivity contribution in [2.45, 2.75) is 64.0 Å². The SMILES string of the molecule is CC(NC1CCCCCCC1)C(=O)N1CCOCC1. The zero-order valence-corrected chi connectivity index (χ0v) is 12.2. The van der Waals surface area contributed by atoms with Gasteiger partial charge in [0.2, 0.25) is 5.91 Å². The average Bonchev–Trinajstić information content (AvgIpc) is 2.41. The van der Waals surface area contributed by atoms with Crippen LogP contribution < -0.4 is 5.32 Å². The number of carbonyl (C=O) groups excluding carboxylic acids is 1. The molecule has 1 unspecified atom stereocenters. The van der Waals surface area contributed by atoms with Gasteiger partial charge in [0, 0.05) is 19.1 Å². The molecule has 2 rings (SSSR count). The van der Waals surface area contributed by atoms with Crippen molar-refractivity contribution in [1.29, 1.82) is 0 Å². The molecule has 0 bridgehead atoms. The molecule has 1 aliphatic carbocycles. The molecule has 0 spiro atoms. The third kappa shape index (κ3) is 4.77. The molecule has 1 saturated carbocycles. The van der Waals surface area contributed by atoms with Gasteiger partial charge in [-0.1, -0.05) is 32.1 Å². The highest BCUT2D eigenvalue weighted by Gasteiger charge is 2.24. The van der Waals surface area contributed by atoms with Crippen LogP contribution in [0.15, 0.2) is 0 Å². The van der Waals surface area contributed by atoms with Crippen LogP contribution >= 0.6 is 0 Å². The smallest absolute Gasteiger partial charge is 0.239 e. The number of rotatable bonds is 3. The first-order chi connectivity index (χ1) is 9.27. The van der Waals surface area contributed by atoms with E-state index < -0.39 is 0 Å². The lowest BCUT2D eigenvalue weighted by Gasteiger charge is -2.31. The van der Waals surface area contributed by atoms with Crippen molar-refractivity contribution >= 4 is 5.91 Å². The second-order valence-electron chi connectivity index (χ2n) is 5.87. The molecule has 2 aliphatic rings. The topological polar surface area (TPSA) is 41.6 Å². The number of nitrogens with zero attached hydrogens (tertiary/aromatic N) is 1.